The maximum Gasteiger partial charge on any atom is 0.266 e. The zero-order chi connectivity index (χ0) is 20.1. The number of aryl methyl sites for hydroxylation is 1. The van der Waals surface area contributed by atoms with Crippen LogP contribution < -0.4 is 9.47 Å². The number of carbonyl (C=O) groups is 1. The van der Waals surface area contributed by atoms with Gasteiger partial charge in [-0.1, -0.05) is 42.5 Å². The van der Waals surface area contributed by atoms with Gasteiger partial charge in [-0.3, -0.25) is 9.69 Å². The van der Waals surface area contributed by atoms with E-state index in [1.165, 1.54) is 11.8 Å². The highest BCUT2D eigenvalue weighted by Crippen LogP contribution is 2.37. The fourth-order valence-corrected chi connectivity index (χ4v) is 3.60. The average Bonchev–Trinajstić information content (AvgIpc) is 2.96. The highest BCUT2D eigenvalue weighted by Gasteiger charge is 2.30. The Hall–Kier alpha value is -2.99. The fraction of sp³-hybridized carbons (Fsp3) is 0.182. The number of methoxy groups -OCH3 is 1. The van der Waals surface area contributed by atoms with Gasteiger partial charge in [-0.15, -0.1) is 0 Å². The molecule has 1 heterocycles. The molecule has 0 aliphatic carbocycles. The highest BCUT2D eigenvalue weighted by atomic mass is 32.2. The summed E-state index contributed by atoms with van der Waals surface area (Å²) in [5.74, 6) is 1.08. The molecule has 1 aliphatic heterocycles. The molecular formula is C22H22N2O3S. The average molecular weight is 394 g/mol. The Balaban J connectivity index is 1.94. The second kappa shape index (κ2) is 8.80. The number of hydrogen-bond donors (Lipinski definition) is 0. The Morgan fingerprint density at radius 2 is 1.96 bits per heavy atom. The molecule has 2 aromatic carbocycles. The number of likely N-dealkylation sites (N-methyl/N-ethyl adjacent to an activating group) is 1. The lowest BCUT2D eigenvalue weighted by molar-refractivity contribution is -0.121. The van der Waals surface area contributed by atoms with Crippen LogP contribution in [0, 0.1) is 6.92 Å². The van der Waals surface area contributed by atoms with E-state index in [-0.39, 0.29) is 5.91 Å². The second-order valence-electron chi connectivity index (χ2n) is 6.18. The predicted molar refractivity (Wildman–Crippen MR) is 115 cm³/mol. The van der Waals surface area contributed by atoms with E-state index in [1.807, 2.05) is 55.5 Å². The third kappa shape index (κ3) is 4.28. The van der Waals surface area contributed by atoms with Crippen LogP contribution in [0.25, 0.3) is 6.08 Å². The quantitative estimate of drug-likeness (QED) is 0.522. The molecule has 0 spiro atoms. The van der Waals surface area contributed by atoms with Crippen molar-refractivity contribution in [1.82, 2.24) is 4.90 Å². The van der Waals surface area contributed by atoms with Crippen molar-refractivity contribution in [1.29, 1.82) is 0 Å². The van der Waals surface area contributed by atoms with Gasteiger partial charge < -0.3 is 9.47 Å². The molecule has 2 aromatic rings. The zero-order valence-corrected chi connectivity index (χ0v) is 17.0. The van der Waals surface area contributed by atoms with Crippen molar-refractivity contribution < 1.29 is 14.3 Å². The summed E-state index contributed by atoms with van der Waals surface area (Å²) in [7, 11) is 3.31. The summed E-state index contributed by atoms with van der Waals surface area (Å²) in [5, 5.41) is 0.636. The topological polar surface area (TPSA) is 51.1 Å². The largest absolute Gasteiger partial charge is 0.493 e. The summed E-state index contributed by atoms with van der Waals surface area (Å²) < 4.78 is 11.2. The van der Waals surface area contributed by atoms with Crippen molar-refractivity contribution in [2.75, 3.05) is 20.8 Å². The molecule has 28 heavy (non-hydrogen) atoms. The number of ether oxygens (including phenoxy) is 2. The van der Waals surface area contributed by atoms with Crippen LogP contribution >= 0.6 is 11.8 Å². The van der Waals surface area contributed by atoms with Gasteiger partial charge in [-0.25, -0.2) is 4.99 Å². The van der Waals surface area contributed by atoms with Crippen molar-refractivity contribution in [3.05, 3.63) is 71.2 Å². The number of amides is 1. The zero-order valence-electron chi connectivity index (χ0n) is 16.1. The second-order valence-corrected chi connectivity index (χ2v) is 7.19. The number of thioether (sulfide) groups is 1. The lowest BCUT2D eigenvalue weighted by Gasteiger charge is -2.12. The molecule has 5 nitrogen and oxygen atoms in total. The van der Waals surface area contributed by atoms with Crippen molar-refractivity contribution in [3.8, 4) is 11.5 Å². The third-order valence-electron chi connectivity index (χ3n) is 4.12. The Labute approximate surface area is 169 Å². The predicted octanol–water partition coefficient (Wildman–Crippen LogP) is 4.80. The van der Waals surface area contributed by atoms with E-state index < -0.39 is 0 Å². The van der Waals surface area contributed by atoms with E-state index in [0.717, 1.165) is 16.8 Å². The molecule has 3 rings (SSSR count). The van der Waals surface area contributed by atoms with Crippen LogP contribution in [0.2, 0.25) is 0 Å². The van der Waals surface area contributed by atoms with Gasteiger partial charge in [0.25, 0.3) is 5.91 Å². The Kier molecular flexibility index (Phi) is 6.21. The van der Waals surface area contributed by atoms with Crippen LogP contribution in [0.1, 0.15) is 11.1 Å². The summed E-state index contributed by atoms with van der Waals surface area (Å²) in [6.07, 6.45) is 3.47. The van der Waals surface area contributed by atoms with Crippen LogP contribution in [0.3, 0.4) is 0 Å². The monoisotopic (exact) mass is 394 g/mol. The molecule has 0 atom stereocenters. The van der Waals surface area contributed by atoms with Crippen molar-refractivity contribution >= 4 is 34.6 Å². The summed E-state index contributed by atoms with van der Waals surface area (Å²) in [6.45, 7) is 6.05. The van der Waals surface area contributed by atoms with E-state index in [2.05, 4.69) is 11.6 Å². The molecule has 0 N–H and O–H groups in total. The Morgan fingerprint density at radius 1 is 1.21 bits per heavy atom. The molecule has 1 fully saturated rings. The van der Waals surface area contributed by atoms with Crippen molar-refractivity contribution in [3.63, 3.8) is 0 Å². The minimum absolute atomic E-state index is 0.103. The fourth-order valence-electron chi connectivity index (χ4n) is 2.63. The molecular weight excluding hydrogens is 372 g/mol. The first-order chi connectivity index (χ1) is 13.5. The first-order valence-electron chi connectivity index (χ1n) is 8.77. The molecule has 0 aromatic heterocycles. The Morgan fingerprint density at radius 3 is 2.64 bits per heavy atom. The molecule has 0 unspecified atom stereocenters. The maximum atomic E-state index is 12.7. The lowest BCUT2D eigenvalue weighted by Crippen LogP contribution is -2.23. The SMILES string of the molecule is C=CCOc1c(/C=C2\SC(=Nc3ccc(C)cc3)N(C)C2=O)cccc1OC. The number of amidine groups is 1. The van der Waals surface area contributed by atoms with Crippen molar-refractivity contribution in [2.24, 2.45) is 4.99 Å². The van der Waals surface area contributed by atoms with Gasteiger partial charge in [-0.2, -0.15) is 0 Å². The molecule has 1 aliphatic rings. The Bertz CT molecular complexity index is 949. The van der Waals surface area contributed by atoms with Gasteiger partial charge >= 0.3 is 0 Å². The normalized spacial score (nSPS) is 16.7. The van der Waals surface area contributed by atoms with Crippen LogP contribution in [0.5, 0.6) is 11.5 Å². The highest BCUT2D eigenvalue weighted by molar-refractivity contribution is 8.18. The molecule has 6 heteroatoms. The van der Waals surface area contributed by atoms with Crippen molar-refractivity contribution in [2.45, 2.75) is 6.92 Å². The van der Waals surface area contributed by atoms with E-state index in [1.54, 1.807) is 25.1 Å². The third-order valence-corrected chi connectivity index (χ3v) is 5.18. The number of hydrogen-bond acceptors (Lipinski definition) is 5. The smallest absolute Gasteiger partial charge is 0.266 e. The molecule has 0 bridgehead atoms. The number of benzene rings is 2. The number of carbonyl (C=O) groups excluding carboxylic acids is 1. The molecule has 0 radical (unpaired) electrons. The number of aliphatic imine (C=N–C) groups is 1. The first-order valence-corrected chi connectivity index (χ1v) is 9.58. The van der Waals surface area contributed by atoms with Gasteiger partial charge in [-0.05, 0) is 43.0 Å². The van der Waals surface area contributed by atoms with Gasteiger partial charge in [0.1, 0.15) is 6.61 Å². The summed E-state index contributed by atoms with van der Waals surface area (Å²) in [5.41, 5.74) is 2.74. The minimum atomic E-state index is -0.103. The van der Waals surface area contributed by atoms with Gasteiger partial charge in [0.05, 0.1) is 17.7 Å². The van der Waals surface area contributed by atoms with Gasteiger partial charge in [0.15, 0.2) is 16.7 Å². The summed E-state index contributed by atoms with van der Waals surface area (Å²) >= 11 is 1.34. The number of rotatable bonds is 6. The molecule has 1 amide bonds. The van der Waals surface area contributed by atoms with E-state index in [0.29, 0.717) is 28.2 Å². The van der Waals surface area contributed by atoms with Crippen LogP contribution in [0.4, 0.5) is 5.69 Å². The van der Waals surface area contributed by atoms with Crippen LogP contribution in [-0.4, -0.2) is 36.7 Å². The van der Waals surface area contributed by atoms with Crippen LogP contribution in [0.15, 0.2) is 65.0 Å². The standard InChI is InChI=1S/C22H22N2O3S/c1-5-13-27-20-16(7-6-8-18(20)26-4)14-19-21(25)24(3)22(28-19)23-17-11-9-15(2)10-12-17/h5-12,14H,1,13H2,2-4H3/b19-14-,23-22?. The van der Waals surface area contributed by atoms with Gasteiger partial charge in [0.2, 0.25) is 0 Å². The first kappa shape index (κ1) is 19.8. The maximum absolute atomic E-state index is 12.7. The van der Waals surface area contributed by atoms with Gasteiger partial charge in [0, 0.05) is 12.6 Å². The molecule has 0 saturated carbocycles. The number of para-hydroxylation sites is 1. The summed E-state index contributed by atoms with van der Waals surface area (Å²) in [4.78, 5) is 19.4. The number of nitrogens with zero attached hydrogens (tertiary/aromatic N) is 2. The summed E-state index contributed by atoms with van der Waals surface area (Å²) in [6, 6.07) is 13.4. The van der Waals surface area contributed by atoms with Crippen LogP contribution in [-0.2, 0) is 4.79 Å². The minimum Gasteiger partial charge on any atom is -0.493 e. The van der Waals surface area contributed by atoms with E-state index in [4.69, 9.17) is 9.47 Å². The molecule has 1 saturated heterocycles. The lowest BCUT2D eigenvalue weighted by atomic mass is 10.1. The molecule has 144 valence electrons. The van der Waals surface area contributed by atoms with E-state index >= 15 is 0 Å². The van der Waals surface area contributed by atoms with E-state index in [9.17, 15) is 4.79 Å².